The molecule has 1 aliphatic rings. The third-order valence-corrected chi connectivity index (χ3v) is 8.50. The van der Waals surface area contributed by atoms with Crippen molar-refractivity contribution < 1.29 is 22.4 Å². The number of sulfonamides is 1. The number of hydrogen-bond acceptors (Lipinski definition) is 6. The molecule has 1 fully saturated rings. The van der Waals surface area contributed by atoms with E-state index in [9.17, 15) is 18.0 Å². The summed E-state index contributed by atoms with van der Waals surface area (Å²) in [7, 11) is -3.46. The minimum Gasteiger partial charge on any atom is -0.448 e. The number of nitrogens with two attached hydrogens (primary N) is 1. The number of rotatable bonds is 9. The zero-order valence-electron chi connectivity index (χ0n) is 23.1. The van der Waals surface area contributed by atoms with Gasteiger partial charge in [-0.1, -0.05) is 19.3 Å². The lowest BCUT2D eigenvalue weighted by Gasteiger charge is -2.21. The number of primary amides is 1. The highest BCUT2D eigenvalue weighted by Gasteiger charge is 2.24. The molecule has 12 heteroatoms. The number of carbonyl (C=O) groups excluding carboxylic acids is 2. The molecule has 1 atom stereocenters. The van der Waals surface area contributed by atoms with Crippen LogP contribution in [0.15, 0.2) is 65.7 Å². The molecule has 218 valence electrons. The number of fused-ring (bicyclic) bond motifs is 2. The molecular weight excluding hydrogens is 556 g/mol. The van der Waals surface area contributed by atoms with Crippen molar-refractivity contribution >= 4 is 49.5 Å². The highest BCUT2D eigenvalue weighted by molar-refractivity contribution is 7.92. The average Bonchev–Trinajstić information content (AvgIpc) is 3.70. The van der Waals surface area contributed by atoms with E-state index in [0.29, 0.717) is 33.6 Å². The summed E-state index contributed by atoms with van der Waals surface area (Å²) >= 11 is 0. The van der Waals surface area contributed by atoms with E-state index in [4.69, 9.17) is 10.2 Å². The van der Waals surface area contributed by atoms with E-state index in [-0.39, 0.29) is 6.42 Å². The van der Waals surface area contributed by atoms with Crippen molar-refractivity contribution in [1.82, 2.24) is 19.9 Å². The van der Waals surface area contributed by atoms with Gasteiger partial charge in [0.05, 0.1) is 23.6 Å². The summed E-state index contributed by atoms with van der Waals surface area (Å²) < 4.78 is 33.6. The molecule has 1 saturated carbocycles. The summed E-state index contributed by atoms with van der Waals surface area (Å²) in [5, 5.41) is 3.46. The third-order valence-electron chi connectivity index (χ3n) is 7.89. The average molecular weight is 589 g/mol. The Balaban J connectivity index is 1.21. The SMILES string of the molecule is CS(=O)(=O)Nc1ccc2[nH]cc(C[C@H](NC(=O)c3ccc4c(c3)ncn4-c3occc3C3CCCCC3)C(N)=O)c2c1. The minimum atomic E-state index is -3.46. The Bertz CT molecular complexity index is 1900. The highest BCUT2D eigenvalue weighted by Crippen LogP contribution is 2.37. The van der Waals surface area contributed by atoms with E-state index in [1.54, 1.807) is 49.1 Å². The molecular formula is C30H32N6O5S. The topological polar surface area (TPSA) is 165 Å². The Kier molecular flexibility index (Phi) is 7.23. The second kappa shape index (κ2) is 11.0. The van der Waals surface area contributed by atoms with Gasteiger partial charge in [0.25, 0.3) is 5.91 Å². The maximum Gasteiger partial charge on any atom is 0.252 e. The Hall–Kier alpha value is -4.58. The van der Waals surface area contributed by atoms with Crippen LogP contribution in [0.25, 0.3) is 27.8 Å². The van der Waals surface area contributed by atoms with Gasteiger partial charge in [-0.3, -0.25) is 18.9 Å². The molecule has 2 amide bonds. The Labute approximate surface area is 242 Å². The molecule has 6 rings (SSSR count). The predicted octanol–water partition coefficient (Wildman–Crippen LogP) is 4.35. The first-order chi connectivity index (χ1) is 20.2. The first-order valence-electron chi connectivity index (χ1n) is 13.9. The molecule has 11 nitrogen and oxygen atoms in total. The molecule has 42 heavy (non-hydrogen) atoms. The number of hydrogen-bond donors (Lipinski definition) is 4. The van der Waals surface area contributed by atoms with E-state index in [1.807, 2.05) is 16.7 Å². The summed E-state index contributed by atoms with van der Waals surface area (Å²) in [4.78, 5) is 33.2. The van der Waals surface area contributed by atoms with Gasteiger partial charge in [0, 0.05) is 40.3 Å². The smallest absolute Gasteiger partial charge is 0.252 e. The van der Waals surface area contributed by atoms with Gasteiger partial charge in [-0.15, -0.1) is 0 Å². The van der Waals surface area contributed by atoms with Gasteiger partial charge in [-0.05, 0) is 66.8 Å². The first-order valence-corrected chi connectivity index (χ1v) is 15.8. The van der Waals surface area contributed by atoms with Gasteiger partial charge < -0.3 is 20.5 Å². The van der Waals surface area contributed by atoms with Gasteiger partial charge in [-0.25, -0.2) is 13.4 Å². The predicted molar refractivity (Wildman–Crippen MR) is 160 cm³/mol. The molecule has 5 aromatic rings. The van der Waals surface area contributed by atoms with Crippen LogP contribution in [0.5, 0.6) is 0 Å². The van der Waals surface area contributed by atoms with Crippen LogP contribution in [0.3, 0.4) is 0 Å². The maximum atomic E-state index is 13.2. The van der Waals surface area contributed by atoms with Gasteiger partial charge in [-0.2, -0.15) is 0 Å². The largest absolute Gasteiger partial charge is 0.448 e. The van der Waals surface area contributed by atoms with E-state index in [2.05, 4.69) is 20.0 Å². The number of furan rings is 1. The monoisotopic (exact) mass is 588 g/mol. The molecule has 0 spiro atoms. The fourth-order valence-corrected chi connectivity index (χ4v) is 6.41. The molecule has 0 bridgehead atoms. The number of nitrogens with one attached hydrogen (secondary N) is 3. The Morgan fingerprint density at radius 2 is 1.95 bits per heavy atom. The lowest BCUT2D eigenvalue weighted by Crippen LogP contribution is -2.45. The van der Waals surface area contributed by atoms with Crippen molar-refractivity contribution in [3.63, 3.8) is 0 Å². The Morgan fingerprint density at radius 1 is 1.14 bits per heavy atom. The van der Waals surface area contributed by atoms with Crippen LogP contribution in [0.2, 0.25) is 0 Å². The van der Waals surface area contributed by atoms with Crippen LogP contribution >= 0.6 is 0 Å². The van der Waals surface area contributed by atoms with Gasteiger partial charge in [0.15, 0.2) is 0 Å². The molecule has 0 saturated heterocycles. The standard InChI is InChI=1S/C30H32N6O5S/c1-42(39,40)35-21-8-9-24-23(15-21)20(16-32-24)14-26(28(31)37)34-29(38)19-7-10-27-25(13-19)33-17-36(27)30-22(11-12-41-30)18-5-3-2-4-6-18/h7-13,15-18,26,32,35H,2-6,14H2,1H3,(H2,31,37)(H,34,38)/t26-/m0/s1. The molecule has 0 radical (unpaired) electrons. The third kappa shape index (κ3) is 5.62. The van der Waals surface area contributed by atoms with E-state index < -0.39 is 27.9 Å². The quantitative estimate of drug-likeness (QED) is 0.200. The summed E-state index contributed by atoms with van der Waals surface area (Å²) in [6.45, 7) is 0. The first kappa shape index (κ1) is 27.6. The summed E-state index contributed by atoms with van der Waals surface area (Å²) in [5.41, 5.74) is 10.5. The number of nitrogens with zero attached hydrogens (tertiary/aromatic N) is 2. The summed E-state index contributed by atoms with van der Waals surface area (Å²) in [6, 6.07) is 11.3. The molecule has 2 aromatic carbocycles. The van der Waals surface area contributed by atoms with Crippen LogP contribution in [-0.4, -0.2) is 47.1 Å². The molecule has 0 aliphatic heterocycles. The van der Waals surface area contributed by atoms with Crippen molar-refractivity contribution in [2.45, 2.75) is 50.5 Å². The van der Waals surface area contributed by atoms with Crippen molar-refractivity contribution in [1.29, 1.82) is 0 Å². The summed E-state index contributed by atoms with van der Waals surface area (Å²) in [5.74, 6) is 0.0568. The number of aromatic nitrogens is 3. The van der Waals surface area contributed by atoms with Crippen molar-refractivity contribution in [3.05, 3.63) is 77.9 Å². The zero-order valence-corrected chi connectivity index (χ0v) is 23.9. The van der Waals surface area contributed by atoms with Crippen LogP contribution in [-0.2, 0) is 21.2 Å². The molecule has 1 aliphatic carbocycles. The molecule has 0 unspecified atom stereocenters. The number of aromatic amines is 1. The van der Waals surface area contributed by atoms with Crippen LogP contribution < -0.4 is 15.8 Å². The second-order valence-corrected chi connectivity index (χ2v) is 12.7. The normalized spacial score (nSPS) is 15.2. The van der Waals surface area contributed by atoms with E-state index in [0.717, 1.165) is 36.0 Å². The molecule has 3 aromatic heterocycles. The number of H-pyrrole nitrogens is 1. The van der Waals surface area contributed by atoms with Crippen molar-refractivity contribution in [2.24, 2.45) is 5.73 Å². The Morgan fingerprint density at radius 3 is 2.71 bits per heavy atom. The number of benzene rings is 2. The number of amides is 2. The fraction of sp³-hybridized carbons (Fsp3) is 0.300. The van der Waals surface area contributed by atoms with Gasteiger partial charge in [0.1, 0.15) is 12.4 Å². The number of anilines is 1. The maximum absolute atomic E-state index is 13.2. The van der Waals surface area contributed by atoms with Crippen molar-refractivity contribution in [3.8, 4) is 5.88 Å². The van der Waals surface area contributed by atoms with Crippen molar-refractivity contribution in [2.75, 3.05) is 11.0 Å². The van der Waals surface area contributed by atoms with E-state index >= 15 is 0 Å². The highest BCUT2D eigenvalue weighted by atomic mass is 32.2. The molecule has 5 N–H and O–H groups in total. The number of imidazole rings is 1. The molecule has 3 heterocycles. The lowest BCUT2D eigenvalue weighted by atomic mass is 9.85. The fourth-order valence-electron chi connectivity index (χ4n) is 5.86. The number of carbonyl (C=O) groups is 2. The summed E-state index contributed by atoms with van der Waals surface area (Å²) in [6.07, 6.45) is 12.3. The second-order valence-electron chi connectivity index (χ2n) is 10.9. The van der Waals surface area contributed by atoms with Crippen LogP contribution in [0.4, 0.5) is 5.69 Å². The minimum absolute atomic E-state index is 0.114. The van der Waals surface area contributed by atoms with E-state index in [1.165, 1.54) is 24.8 Å². The van der Waals surface area contributed by atoms with Gasteiger partial charge >= 0.3 is 0 Å². The van der Waals surface area contributed by atoms with Gasteiger partial charge in [0.2, 0.25) is 21.8 Å². The van der Waals surface area contributed by atoms with Crippen LogP contribution in [0.1, 0.15) is 59.5 Å². The zero-order chi connectivity index (χ0) is 29.4. The lowest BCUT2D eigenvalue weighted by molar-refractivity contribution is -0.119. The van der Waals surface area contributed by atoms with Crippen LogP contribution in [0, 0.1) is 0 Å².